The molecule has 0 aliphatic carbocycles. The topological polar surface area (TPSA) is 59.1 Å². The molecule has 1 atom stereocenters. The fraction of sp³-hybridized carbons (Fsp3) is 0.478. The van der Waals surface area contributed by atoms with Gasteiger partial charge in [-0.1, -0.05) is 13.0 Å². The van der Waals surface area contributed by atoms with E-state index >= 15 is 0 Å². The molecular formula is C23H29FN2O4S. The van der Waals surface area contributed by atoms with E-state index in [1.807, 2.05) is 11.4 Å². The Hall–Kier alpha value is -2.45. The van der Waals surface area contributed by atoms with Gasteiger partial charge < -0.3 is 19.3 Å². The first kappa shape index (κ1) is 23.2. The number of carbonyl (C=O) groups excluding carboxylic acids is 2. The van der Waals surface area contributed by atoms with Gasteiger partial charge in [-0.15, -0.1) is 11.3 Å². The second kappa shape index (κ2) is 11.2. The van der Waals surface area contributed by atoms with Crippen molar-refractivity contribution in [2.24, 2.45) is 0 Å². The van der Waals surface area contributed by atoms with Crippen LogP contribution in [0.15, 0.2) is 35.7 Å². The van der Waals surface area contributed by atoms with Crippen LogP contribution in [0.3, 0.4) is 0 Å². The van der Waals surface area contributed by atoms with Crippen LogP contribution in [-0.2, 0) is 20.7 Å². The minimum Gasteiger partial charge on any atom is -0.491 e. The van der Waals surface area contributed by atoms with Crippen molar-refractivity contribution in [1.82, 2.24) is 9.80 Å². The number of rotatable bonds is 10. The standard InChI is InChI=1S/C23H29FN2O4S/c1-3-22(27)25(10-5-12-29-2)15-23(28)26-11-8-21-19(9-13-31-21)20(26)16-30-18-7-4-6-17(24)14-18/h4,6-7,9,13-14,20H,3,5,8,10-12,15-16H2,1-2H3/t20-/m1/s1. The molecule has 0 radical (unpaired) electrons. The number of methoxy groups -OCH3 is 1. The number of fused-ring (bicyclic) bond motifs is 1. The normalized spacial score (nSPS) is 15.5. The highest BCUT2D eigenvalue weighted by Gasteiger charge is 2.33. The van der Waals surface area contributed by atoms with Gasteiger partial charge in [-0.25, -0.2) is 4.39 Å². The van der Waals surface area contributed by atoms with Gasteiger partial charge in [0.05, 0.1) is 12.6 Å². The molecule has 0 unspecified atom stereocenters. The van der Waals surface area contributed by atoms with Crippen molar-refractivity contribution in [3.05, 3.63) is 52.0 Å². The van der Waals surface area contributed by atoms with E-state index in [0.717, 1.165) is 12.0 Å². The number of carbonyl (C=O) groups is 2. The lowest BCUT2D eigenvalue weighted by Crippen LogP contribution is -2.48. The van der Waals surface area contributed by atoms with Crippen LogP contribution in [0.25, 0.3) is 0 Å². The summed E-state index contributed by atoms with van der Waals surface area (Å²) in [5.74, 6) is -0.0960. The Morgan fingerprint density at radius 3 is 2.90 bits per heavy atom. The van der Waals surface area contributed by atoms with Crippen molar-refractivity contribution >= 4 is 23.2 Å². The molecule has 3 rings (SSSR count). The van der Waals surface area contributed by atoms with Gasteiger partial charge in [0.25, 0.3) is 0 Å². The van der Waals surface area contributed by atoms with Crippen LogP contribution in [0, 0.1) is 5.82 Å². The van der Waals surface area contributed by atoms with Crippen molar-refractivity contribution in [2.45, 2.75) is 32.2 Å². The number of benzene rings is 1. The highest BCUT2D eigenvalue weighted by atomic mass is 32.1. The van der Waals surface area contributed by atoms with Gasteiger partial charge in [-0.2, -0.15) is 0 Å². The third-order valence-electron chi connectivity index (χ3n) is 5.38. The van der Waals surface area contributed by atoms with E-state index in [9.17, 15) is 14.0 Å². The molecule has 31 heavy (non-hydrogen) atoms. The maximum atomic E-state index is 13.5. The molecule has 0 spiro atoms. The molecular weight excluding hydrogens is 419 g/mol. The smallest absolute Gasteiger partial charge is 0.242 e. The van der Waals surface area contributed by atoms with Crippen LogP contribution in [0.2, 0.25) is 0 Å². The van der Waals surface area contributed by atoms with Crippen molar-refractivity contribution in [2.75, 3.05) is 40.0 Å². The molecule has 0 bridgehead atoms. The lowest BCUT2D eigenvalue weighted by molar-refractivity contribution is -0.142. The Labute approximate surface area is 186 Å². The molecule has 1 aromatic carbocycles. The highest BCUT2D eigenvalue weighted by Crippen LogP contribution is 2.34. The monoisotopic (exact) mass is 448 g/mol. The van der Waals surface area contributed by atoms with Gasteiger partial charge in [0.1, 0.15) is 18.2 Å². The predicted molar refractivity (Wildman–Crippen MR) is 118 cm³/mol. The molecule has 6 nitrogen and oxygen atoms in total. The van der Waals surface area contributed by atoms with Crippen LogP contribution in [0.1, 0.15) is 36.2 Å². The largest absolute Gasteiger partial charge is 0.491 e. The van der Waals surface area contributed by atoms with Gasteiger partial charge in [-0.05, 0) is 42.0 Å². The number of thiophene rings is 1. The highest BCUT2D eigenvalue weighted by molar-refractivity contribution is 7.10. The van der Waals surface area contributed by atoms with Gasteiger partial charge in [0.15, 0.2) is 0 Å². The predicted octanol–water partition coefficient (Wildman–Crippen LogP) is 3.67. The lowest BCUT2D eigenvalue weighted by atomic mass is 10.0. The first-order chi connectivity index (χ1) is 15.0. The second-order valence-electron chi connectivity index (χ2n) is 7.44. The van der Waals surface area contributed by atoms with E-state index in [1.165, 1.54) is 17.0 Å². The summed E-state index contributed by atoms with van der Waals surface area (Å²) < 4.78 is 24.5. The summed E-state index contributed by atoms with van der Waals surface area (Å²) in [6.45, 7) is 3.64. The maximum Gasteiger partial charge on any atom is 0.242 e. The zero-order chi connectivity index (χ0) is 22.2. The van der Waals surface area contributed by atoms with Gasteiger partial charge in [0.2, 0.25) is 11.8 Å². The number of halogens is 1. The van der Waals surface area contributed by atoms with E-state index in [0.29, 0.717) is 38.3 Å². The number of hydrogen-bond donors (Lipinski definition) is 0. The summed E-state index contributed by atoms with van der Waals surface area (Å²) in [5.41, 5.74) is 1.06. The third-order valence-corrected chi connectivity index (χ3v) is 6.37. The van der Waals surface area contributed by atoms with Crippen LogP contribution < -0.4 is 4.74 Å². The van der Waals surface area contributed by atoms with Crippen LogP contribution in [-0.4, -0.2) is 61.6 Å². The number of nitrogens with zero attached hydrogens (tertiary/aromatic N) is 2. The molecule has 168 valence electrons. The summed E-state index contributed by atoms with van der Waals surface area (Å²) in [4.78, 5) is 30.3. The number of hydrogen-bond acceptors (Lipinski definition) is 5. The van der Waals surface area contributed by atoms with Crippen molar-refractivity contribution in [1.29, 1.82) is 0 Å². The third kappa shape index (κ3) is 6.04. The first-order valence-electron chi connectivity index (χ1n) is 10.5. The second-order valence-corrected chi connectivity index (χ2v) is 8.44. The Morgan fingerprint density at radius 2 is 2.16 bits per heavy atom. The molecule has 2 amide bonds. The van der Waals surface area contributed by atoms with E-state index in [2.05, 4.69) is 0 Å². The Bertz CT molecular complexity index is 888. The fourth-order valence-electron chi connectivity index (χ4n) is 3.78. The maximum absolute atomic E-state index is 13.5. The van der Waals surface area contributed by atoms with Gasteiger partial charge in [0, 0.05) is 44.2 Å². The Balaban J connectivity index is 1.73. The minimum absolute atomic E-state index is 0.0341. The molecule has 0 N–H and O–H groups in total. The molecule has 1 aromatic heterocycles. The minimum atomic E-state index is -0.366. The molecule has 0 fully saturated rings. The van der Waals surface area contributed by atoms with E-state index in [1.54, 1.807) is 47.3 Å². The Morgan fingerprint density at radius 1 is 1.32 bits per heavy atom. The average molecular weight is 449 g/mol. The summed E-state index contributed by atoms with van der Waals surface area (Å²) in [5, 5.41) is 2.02. The van der Waals surface area contributed by atoms with Crippen LogP contribution in [0.4, 0.5) is 4.39 Å². The zero-order valence-corrected chi connectivity index (χ0v) is 18.8. The van der Waals surface area contributed by atoms with E-state index in [4.69, 9.17) is 9.47 Å². The van der Waals surface area contributed by atoms with Gasteiger partial charge in [-0.3, -0.25) is 9.59 Å². The summed E-state index contributed by atoms with van der Waals surface area (Å²) in [6, 6.07) is 7.74. The van der Waals surface area contributed by atoms with E-state index < -0.39 is 0 Å². The Kier molecular flexibility index (Phi) is 8.43. The zero-order valence-electron chi connectivity index (χ0n) is 18.0. The van der Waals surface area contributed by atoms with E-state index in [-0.39, 0.29) is 36.8 Å². The van der Waals surface area contributed by atoms with Crippen molar-refractivity contribution in [3.8, 4) is 5.75 Å². The number of ether oxygens (including phenoxy) is 2. The average Bonchev–Trinajstić information content (AvgIpc) is 3.25. The summed E-state index contributed by atoms with van der Waals surface area (Å²) >= 11 is 1.67. The number of amides is 2. The molecule has 0 saturated carbocycles. The molecule has 2 aromatic rings. The molecule has 1 aliphatic rings. The molecule has 8 heteroatoms. The quantitative estimate of drug-likeness (QED) is 0.521. The first-order valence-corrected chi connectivity index (χ1v) is 11.4. The fourth-order valence-corrected chi connectivity index (χ4v) is 4.70. The van der Waals surface area contributed by atoms with Crippen LogP contribution >= 0.6 is 11.3 Å². The van der Waals surface area contributed by atoms with Crippen molar-refractivity contribution < 1.29 is 23.5 Å². The summed E-state index contributed by atoms with van der Waals surface area (Å²) in [6.07, 6.45) is 1.80. The molecule has 0 saturated heterocycles. The van der Waals surface area contributed by atoms with Crippen LogP contribution in [0.5, 0.6) is 5.75 Å². The molecule has 2 heterocycles. The molecule has 1 aliphatic heterocycles. The van der Waals surface area contributed by atoms with Crippen molar-refractivity contribution in [3.63, 3.8) is 0 Å². The summed E-state index contributed by atoms with van der Waals surface area (Å²) in [7, 11) is 1.62. The van der Waals surface area contributed by atoms with Gasteiger partial charge >= 0.3 is 0 Å². The lowest BCUT2D eigenvalue weighted by Gasteiger charge is -2.37. The SMILES string of the molecule is CCC(=O)N(CCCOC)CC(=O)N1CCc2sccc2[C@H]1COc1cccc(F)c1.